The second-order valence-corrected chi connectivity index (χ2v) is 7.69. The molecule has 0 saturated heterocycles. The van der Waals surface area contributed by atoms with Gasteiger partial charge >= 0.3 is 0 Å². The van der Waals surface area contributed by atoms with E-state index in [2.05, 4.69) is 74.2 Å². The van der Waals surface area contributed by atoms with Crippen LogP contribution in [-0.2, 0) is 6.42 Å². The van der Waals surface area contributed by atoms with E-state index >= 15 is 0 Å². The third kappa shape index (κ3) is 5.50. The topological polar surface area (TPSA) is 0 Å². The third-order valence-corrected chi connectivity index (χ3v) is 5.54. The molecule has 0 amide bonds. The molecule has 0 unspecified atom stereocenters. The molecular weight excluding hydrogens is 300 g/mol. The van der Waals surface area contributed by atoms with Gasteiger partial charge in [-0.1, -0.05) is 74.3 Å². The van der Waals surface area contributed by atoms with Gasteiger partial charge < -0.3 is 0 Å². The average molecular weight is 331 g/mol. The molecule has 0 N–H and O–H groups in total. The molecule has 25 heavy (non-hydrogen) atoms. The fraction of sp³-hybridized carbons (Fsp3) is 0.440. The predicted octanol–water partition coefficient (Wildman–Crippen LogP) is 6.54. The number of rotatable bonds is 4. The first-order valence-electron chi connectivity index (χ1n) is 9.90. The van der Waals surface area contributed by atoms with Crippen molar-refractivity contribution in [1.29, 1.82) is 0 Å². The minimum atomic E-state index is 0.887. The quantitative estimate of drug-likeness (QED) is 0.558. The Labute approximate surface area is 153 Å². The van der Waals surface area contributed by atoms with Gasteiger partial charge in [-0.05, 0) is 67.9 Å². The van der Waals surface area contributed by atoms with Crippen LogP contribution in [0.1, 0.15) is 67.7 Å². The normalized spacial score (nSPS) is 19.9. The van der Waals surface area contributed by atoms with Crippen molar-refractivity contribution in [3.63, 3.8) is 0 Å². The Morgan fingerprint density at radius 1 is 0.760 bits per heavy atom. The molecule has 1 saturated carbocycles. The van der Waals surface area contributed by atoms with Crippen molar-refractivity contribution in [2.24, 2.45) is 11.8 Å². The molecule has 0 nitrogen and oxygen atoms in total. The summed E-state index contributed by atoms with van der Waals surface area (Å²) >= 11 is 0. The van der Waals surface area contributed by atoms with E-state index in [-0.39, 0.29) is 0 Å². The molecule has 2 aromatic carbocycles. The molecule has 0 atom stereocenters. The molecule has 0 spiro atoms. The van der Waals surface area contributed by atoms with Gasteiger partial charge in [0.05, 0.1) is 0 Å². The maximum atomic E-state index is 3.28. The summed E-state index contributed by atoms with van der Waals surface area (Å²) in [6.45, 7) is 4.42. The highest BCUT2D eigenvalue weighted by atomic mass is 14.3. The van der Waals surface area contributed by atoms with Gasteiger partial charge in [0.1, 0.15) is 0 Å². The lowest BCUT2D eigenvalue weighted by Gasteiger charge is -2.28. The average Bonchev–Trinajstić information content (AvgIpc) is 2.64. The van der Waals surface area contributed by atoms with Crippen LogP contribution >= 0.6 is 0 Å². The van der Waals surface area contributed by atoms with Crippen LogP contribution in [0, 0.1) is 30.6 Å². The van der Waals surface area contributed by atoms with Crippen LogP contribution < -0.4 is 0 Å². The molecule has 0 radical (unpaired) electrons. The molecule has 3 rings (SSSR count). The zero-order chi connectivity index (χ0) is 17.5. The van der Waals surface area contributed by atoms with Crippen molar-refractivity contribution < 1.29 is 0 Å². The van der Waals surface area contributed by atoms with Gasteiger partial charge in [-0.15, -0.1) is 0 Å². The second-order valence-electron chi connectivity index (χ2n) is 7.69. The van der Waals surface area contributed by atoms with Crippen LogP contribution in [0.15, 0.2) is 48.5 Å². The van der Waals surface area contributed by atoms with Crippen LogP contribution in [0.4, 0.5) is 0 Å². The molecule has 1 fully saturated rings. The molecule has 2 aromatic rings. The predicted molar refractivity (Wildman–Crippen MR) is 108 cm³/mol. The summed E-state index contributed by atoms with van der Waals surface area (Å²) in [6.07, 6.45) is 9.74. The Kier molecular flexibility index (Phi) is 6.35. The van der Waals surface area contributed by atoms with Crippen LogP contribution in [0.25, 0.3) is 0 Å². The molecule has 1 aliphatic carbocycles. The van der Waals surface area contributed by atoms with Crippen LogP contribution in [0.2, 0.25) is 0 Å². The summed E-state index contributed by atoms with van der Waals surface area (Å²) in [5.41, 5.74) is 4.94. The van der Waals surface area contributed by atoms with E-state index < -0.39 is 0 Å². The van der Waals surface area contributed by atoms with Gasteiger partial charge in [0.25, 0.3) is 0 Å². The number of benzene rings is 2. The molecule has 0 aliphatic heterocycles. The van der Waals surface area contributed by atoms with Crippen molar-refractivity contribution in [3.8, 4) is 11.8 Å². The molecule has 0 heteroatoms. The van der Waals surface area contributed by atoms with Gasteiger partial charge in [-0.2, -0.15) is 0 Å². The van der Waals surface area contributed by atoms with E-state index in [0.29, 0.717) is 0 Å². The fourth-order valence-corrected chi connectivity index (χ4v) is 3.97. The van der Waals surface area contributed by atoms with Crippen molar-refractivity contribution in [2.45, 2.75) is 58.8 Å². The van der Waals surface area contributed by atoms with Crippen LogP contribution in [0.5, 0.6) is 0 Å². The Balaban J connectivity index is 1.53. The van der Waals surface area contributed by atoms with E-state index in [4.69, 9.17) is 0 Å². The summed E-state index contributed by atoms with van der Waals surface area (Å²) in [5.74, 6) is 8.42. The maximum absolute atomic E-state index is 3.28. The van der Waals surface area contributed by atoms with Crippen molar-refractivity contribution in [2.75, 3.05) is 0 Å². The number of hydrogen-bond acceptors (Lipinski definition) is 0. The van der Waals surface area contributed by atoms with Crippen molar-refractivity contribution >= 4 is 0 Å². The van der Waals surface area contributed by atoms with Crippen molar-refractivity contribution in [3.05, 3.63) is 70.8 Å². The van der Waals surface area contributed by atoms with Gasteiger partial charge in [0, 0.05) is 11.1 Å². The van der Waals surface area contributed by atoms with E-state index in [1.165, 1.54) is 56.1 Å². The Morgan fingerprint density at radius 3 is 1.84 bits per heavy atom. The van der Waals surface area contributed by atoms with E-state index in [9.17, 15) is 0 Å². The number of aryl methyl sites for hydroxylation is 1. The van der Waals surface area contributed by atoms with Crippen LogP contribution in [-0.4, -0.2) is 0 Å². The molecule has 130 valence electrons. The van der Waals surface area contributed by atoms with E-state index in [1.54, 1.807) is 0 Å². The lowest BCUT2D eigenvalue weighted by molar-refractivity contribution is 0.261. The SMILES string of the molecule is CCCC1CCC(Cc2ccc(C#Cc3ccc(C)cc3)cc2)CC1. The fourth-order valence-electron chi connectivity index (χ4n) is 3.97. The van der Waals surface area contributed by atoms with Crippen LogP contribution in [0.3, 0.4) is 0 Å². The monoisotopic (exact) mass is 330 g/mol. The highest BCUT2D eigenvalue weighted by Gasteiger charge is 2.20. The second kappa shape index (κ2) is 8.91. The Bertz CT molecular complexity index is 701. The smallest absolute Gasteiger partial charge is 0.0249 e. The van der Waals surface area contributed by atoms with Crippen molar-refractivity contribution in [1.82, 2.24) is 0 Å². The number of hydrogen-bond donors (Lipinski definition) is 0. The standard InChI is InChI=1S/C25H30/c1-3-4-21-11-15-24(16-12-21)19-25-17-13-23(14-18-25)10-9-22-7-5-20(2)6-8-22/h5-8,13-14,17-18,21,24H,3-4,11-12,15-16,19H2,1-2H3. The lowest BCUT2D eigenvalue weighted by Crippen LogP contribution is -2.16. The molecule has 0 bridgehead atoms. The van der Waals surface area contributed by atoms with Gasteiger partial charge in [0.2, 0.25) is 0 Å². The summed E-state index contributed by atoms with van der Waals surface area (Å²) in [4.78, 5) is 0. The van der Waals surface area contributed by atoms with Gasteiger partial charge in [0.15, 0.2) is 0 Å². The Morgan fingerprint density at radius 2 is 1.28 bits per heavy atom. The maximum Gasteiger partial charge on any atom is 0.0249 e. The minimum Gasteiger partial charge on any atom is -0.0654 e. The minimum absolute atomic E-state index is 0.887. The molecule has 0 heterocycles. The Hall–Kier alpha value is -2.00. The third-order valence-electron chi connectivity index (χ3n) is 5.54. The first kappa shape index (κ1) is 17.8. The molecule has 1 aliphatic rings. The van der Waals surface area contributed by atoms with Gasteiger partial charge in [-0.25, -0.2) is 0 Å². The lowest BCUT2D eigenvalue weighted by atomic mass is 9.78. The molecular formula is C25H30. The largest absolute Gasteiger partial charge is 0.0654 e. The summed E-state index contributed by atoms with van der Waals surface area (Å²) < 4.78 is 0. The van der Waals surface area contributed by atoms with E-state index in [0.717, 1.165) is 23.0 Å². The molecule has 0 aromatic heterocycles. The zero-order valence-corrected chi connectivity index (χ0v) is 15.7. The first-order chi connectivity index (χ1) is 12.2. The summed E-state index contributed by atoms with van der Waals surface area (Å²) in [6, 6.07) is 17.3. The first-order valence-corrected chi connectivity index (χ1v) is 9.90. The summed E-state index contributed by atoms with van der Waals surface area (Å²) in [5, 5.41) is 0. The highest BCUT2D eigenvalue weighted by Crippen LogP contribution is 2.33. The van der Waals surface area contributed by atoms with E-state index in [1.807, 2.05) is 0 Å². The zero-order valence-electron chi connectivity index (χ0n) is 15.7. The highest BCUT2D eigenvalue weighted by molar-refractivity contribution is 5.44. The summed E-state index contributed by atoms with van der Waals surface area (Å²) in [7, 11) is 0. The van der Waals surface area contributed by atoms with Gasteiger partial charge in [-0.3, -0.25) is 0 Å².